The van der Waals surface area contributed by atoms with Crippen LogP contribution in [0.3, 0.4) is 0 Å². The topological polar surface area (TPSA) is 173 Å². The van der Waals surface area contributed by atoms with E-state index in [1.807, 2.05) is 0 Å². The fourth-order valence-electron chi connectivity index (χ4n) is 3.09. The number of tetrazole rings is 1. The van der Waals surface area contributed by atoms with E-state index in [-0.39, 0.29) is 23.0 Å². The number of ketones is 1. The highest BCUT2D eigenvalue weighted by Crippen LogP contribution is 2.25. The Morgan fingerprint density at radius 1 is 1.08 bits per heavy atom. The number of sulfonamides is 1. The standard InChI is InChI=1S/C21H20Cl2N6O6S/c1-12(30)24-13-5-7-14(8-6-13)36(34,35)27-18(10-21(32)33)19(31)11-29-26-20(25-28-29)9-15-16(22)3-2-4-17(15)23/h2-8,18,27H,9-11H2,1H3,(H,24,30)(H,32,33). The van der Waals surface area contributed by atoms with Crippen LogP contribution in [0.2, 0.25) is 10.0 Å². The van der Waals surface area contributed by atoms with Gasteiger partial charge in [0, 0.05) is 29.1 Å². The molecular formula is C21H20Cl2N6O6S. The summed E-state index contributed by atoms with van der Waals surface area (Å²) in [6, 6.07) is 8.50. The van der Waals surface area contributed by atoms with Crippen LogP contribution in [-0.2, 0) is 37.4 Å². The van der Waals surface area contributed by atoms with Gasteiger partial charge in [0.15, 0.2) is 11.6 Å². The molecule has 15 heteroatoms. The van der Waals surface area contributed by atoms with Gasteiger partial charge in [-0.1, -0.05) is 29.3 Å². The maximum absolute atomic E-state index is 12.8. The van der Waals surface area contributed by atoms with Crippen LogP contribution in [0.4, 0.5) is 5.69 Å². The van der Waals surface area contributed by atoms with Crippen LogP contribution in [-0.4, -0.2) is 57.4 Å². The fraction of sp³-hybridized carbons (Fsp3) is 0.238. The zero-order valence-corrected chi connectivity index (χ0v) is 21.0. The van der Waals surface area contributed by atoms with Gasteiger partial charge in [-0.25, -0.2) is 8.42 Å². The molecule has 0 fully saturated rings. The highest BCUT2D eigenvalue weighted by Gasteiger charge is 2.28. The molecular weight excluding hydrogens is 535 g/mol. The SMILES string of the molecule is CC(=O)Nc1ccc(S(=O)(=O)NC(CC(=O)O)C(=O)Cn2nnc(Cc3c(Cl)cccc3Cl)n2)cc1. The van der Waals surface area contributed by atoms with E-state index in [0.717, 1.165) is 4.80 Å². The predicted octanol–water partition coefficient (Wildman–Crippen LogP) is 1.92. The lowest BCUT2D eigenvalue weighted by Crippen LogP contribution is -2.43. The molecule has 3 N–H and O–H groups in total. The minimum absolute atomic E-state index is 0.131. The molecule has 12 nitrogen and oxygen atoms in total. The van der Waals surface area contributed by atoms with Crippen molar-refractivity contribution in [3.8, 4) is 0 Å². The predicted molar refractivity (Wildman–Crippen MR) is 129 cm³/mol. The molecule has 0 spiro atoms. The summed E-state index contributed by atoms with van der Waals surface area (Å²) < 4.78 is 27.6. The van der Waals surface area contributed by atoms with E-state index in [4.69, 9.17) is 23.2 Å². The zero-order chi connectivity index (χ0) is 26.5. The molecule has 1 aromatic heterocycles. The van der Waals surface area contributed by atoms with Crippen molar-refractivity contribution in [2.75, 3.05) is 5.32 Å². The molecule has 190 valence electrons. The summed E-state index contributed by atoms with van der Waals surface area (Å²) in [5, 5.41) is 24.2. The molecule has 1 atom stereocenters. The number of nitrogens with zero attached hydrogens (tertiary/aromatic N) is 4. The van der Waals surface area contributed by atoms with Gasteiger partial charge in [0.2, 0.25) is 15.9 Å². The first kappa shape index (κ1) is 27.2. The molecule has 0 saturated heterocycles. The summed E-state index contributed by atoms with van der Waals surface area (Å²) in [5.41, 5.74) is 0.929. The first-order valence-corrected chi connectivity index (χ1v) is 12.5. The van der Waals surface area contributed by atoms with Gasteiger partial charge in [0.05, 0.1) is 17.4 Å². The van der Waals surface area contributed by atoms with Gasteiger partial charge in [0.1, 0.15) is 6.54 Å². The molecule has 0 aliphatic rings. The number of Topliss-reactive ketones (excluding diaryl/α,β-unsaturated/α-hetero) is 1. The quantitative estimate of drug-likeness (QED) is 0.319. The van der Waals surface area contributed by atoms with E-state index in [0.29, 0.717) is 21.3 Å². The summed E-state index contributed by atoms with van der Waals surface area (Å²) in [5.74, 6) is -2.32. The van der Waals surface area contributed by atoms with Crippen molar-refractivity contribution in [2.24, 2.45) is 0 Å². The number of rotatable bonds is 11. The third kappa shape index (κ3) is 7.31. The second-order valence-corrected chi connectivity index (χ2v) is 10.1. The monoisotopic (exact) mass is 554 g/mol. The van der Waals surface area contributed by atoms with E-state index in [1.165, 1.54) is 31.2 Å². The molecule has 3 aromatic rings. The molecule has 1 unspecified atom stereocenters. The second-order valence-electron chi connectivity index (χ2n) is 7.56. The van der Waals surface area contributed by atoms with Gasteiger partial charge in [-0.3, -0.25) is 14.4 Å². The van der Waals surface area contributed by atoms with Crippen molar-refractivity contribution in [3.05, 3.63) is 63.9 Å². The van der Waals surface area contributed by atoms with Gasteiger partial charge in [-0.2, -0.15) is 9.52 Å². The van der Waals surface area contributed by atoms with E-state index >= 15 is 0 Å². The summed E-state index contributed by atoms with van der Waals surface area (Å²) in [7, 11) is -4.27. The molecule has 2 aromatic carbocycles. The maximum Gasteiger partial charge on any atom is 0.305 e. The summed E-state index contributed by atoms with van der Waals surface area (Å²) in [6.07, 6.45) is -0.675. The molecule has 0 saturated carbocycles. The lowest BCUT2D eigenvalue weighted by molar-refractivity contribution is -0.139. The molecule has 3 rings (SSSR count). The number of halogens is 2. The number of carboxylic acid groups (broad SMARTS) is 1. The number of benzene rings is 2. The van der Waals surface area contributed by atoms with Gasteiger partial charge in [-0.15, -0.1) is 10.2 Å². The molecule has 36 heavy (non-hydrogen) atoms. The minimum atomic E-state index is -4.27. The Morgan fingerprint density at radius 2 is 1.72 bits per heavy atom. The smallest absolute Gasteiger partial charge is 0.305 e. The highest BCUT2D eigenvalue weighted by atomic mass is 35.5. The van der Waals surface area contributed by atoms with E-state index in [1.54, 1.807) is 18.2 Å². The Morgan fingerprint density at radius 3 is 2.31 bits per heavy atom. The zero-order valence-electron chi connectivity index (χ0n) is 18.7. The third-order valence-corrected chi connectivity index (χ3v) is 6.93. The van der Waals surface area contributed by atoms with Gasteiger partial charge < -0.3 is 10.4 Å². The number of nitrogens with one attached hydrogen (secondary N) is 2. The van der Waals surface area contributed by atoms with Crippen LogP contribution >= 0.6 is 23.2 Å². The minimum Gasteiger partial charge on any atom is -0.481 e. The first-order chi connectivity index (χ1) is 16.9. The number of carbonyl (C=O) groups excluding carboxylic acids is 2. The first-order valence-electron chi connectivity index (χ1n) is 10.3. The molecule has 1 heterocycles. The Bertz CT molecular complexity index is 1370. The van der Waals surface area contributed by atoms with Crippen molar-refractivity contribution in [2.45, 2.75) is 37.2 Å². The van der Waals surface area contributed by atoms with Crippen molar-refractivity contribution in [1.29, 1.82) is 0 Å². The lowest BCUT2D eigenvalue weighted by Gasteiger charge is -2.16. The molecule has 0 aliphatic heterocycles. The van der Waals surface area contributed by atoms with Crippen LogP contribution in [0, 0.1) is 0 Å². The molecule has 1 amide bonds. The normalized spacial score (nSPS) is 12.2. The average molecular weight is 555 g/mol. The average Bonchev–Trinajstić information content (AvgIpc) is 3.22. The van der Waals surface area contributed by atoms with Crippen molar-refractivity contribution < 1.29 is 27.9 Å². The van der Waals surface area contributed by atoms with Crippen LogP contribution in [0.5, 0.6) is 0 Å². The Hall–Kier alpha value is -3.39. The Balaban J connectivity index is 1.73. The van der Waals surface area contributed by atoms with Gasteiger partial charge in [0.25, 0.3) is 0 Å². The second kappa shape index (κ2) is 11.6. The number of aliphatic carboxylic acids is 1. The van der Waals surface area contributed by atoms with E-state index in [9.17, 15) is 27.9 Å². The Kier molecular flexibility index (Phi) is 8.74. The summed E-state index contributed by atoms with van der Waals surface area (Å²) in [6.45, 7) is 0.762. The van der Waals surface area contributed by atoms with Crippen LogP contribution in [0.1, 0.15) is 24.7 Å². The van der Waals surface area contributed by atoms with Gasteiger partial charge >= 0.3 is 5.97 Å². The number of amides is 1. The number of anilines is 1. The van der Waals surface area contributed by atoms with Crippen LogP contribution in [0.25, 0.3) is 0 Å². The number of hydrogen-bond acceptors (Lipinski definition) is 8. The molecule has 0 bridgehead atoms. The van der Waals surface area contributed by atoms with E-state index in [2.05, 4.69) is 25.4 Å². The fourth-order valence-corrected chi connectivity index (χ4v) is 4.85. The Labute approximate surface area is 215 Å². The largest absolute Gasteiger partial charge is 0.481 e. The van der Waals surface area contributed by atoms with Crippen molar-refractivity contribution >= 4 is 56.6 Å². The summed E-state index contributed by atoms with van der Waals surface area (Å²) >= 11 is 12.3. The number of hydrogen-bond donors (Lipinski definition) is 3. The van der Waals surface area contributed by atoms with Gasteiger partial charge in [-0.05, 0) is 47.2 Å². The highest BCUT2D eigenvalue weighted by molar-refractivity contribution is 7.89. The van der Waals surface area contributed by atoms with E-state index < -0.39 is 40.8 Å². The number of aromatic nitrogens is 4. The van der Waals surface area contributed by atoms with Crippen molar-refractivity contribution in [1.82, 2.24) is 24.9 Å². The number of carbonyl (C=O) groups is 3. The number of carboxylic acids is 1. The summed E-state index contributed by atoms with van der Waals surface area (Å²) in [4.78, 5) is 35.9. The third-order valence-electron chi connectivity index (χ3n) is 4.74. The van der Waals surface area contributed by atoms with Crippen LogP contribution in [0.15, 0.2) is 47.4 Å². The van der Waals surface area contributed by atoms with Crippen LogP contribution < -0.4 is 10.0 Å². The molecule has 0 aliphatic carbocycles. The maximum atomic E-state index is 12.8. The van der Waals surface area contributed by atoms with Crippen molar-refractivity contribution in [3.63, 3.8) is 0 Å². The molecule has 0 radical (unpaired) electrons. The lowest BCUT2D eigenvalue weighted by atomic mass is 10.1.